The van der Waals surface area contributed by atoms with Gasteiger partial charge in [-0.2, -0.15) is 0 Å². The molecule has 0 saturated carbocycles. The summed E-state index contributed by atoms with van der Waals surface area (Å²) in [5.41, 5.74) is 1.33. The van der Waals surface area contributed by atoms with E-state index in [1.54, 1.807) is 44.2 Å². The van der Waals surface area contributed by atoms with Crippen LogP contribution in [-0.2, 0) is 14.3 Å². The minimum atomic E-state index is -0.886. The Morgan fingerprint density at radius 3 is 2.16 bits per heavy atom. The molecule has 1 N–H and O–H groups in total. The van der Waals surface area contributed by atoms with Gasteiger partial charge >= 0.3 is 11.9 Å². The molecule has 5 rings (SSSR count). The average Bonchev–Trinajstić information content (AvgIpc) is 3.35. The number of ketones is 1. The number of benzene rings is 3. The van der Waals surface area contributed by atoms with Gasteiger partial charge in [-0.15, -0.1) is 0 Å². The summed E-state index contributed by atoms with van der Waals surface area (Å²) >= 11 is 6.18. The molecular weight excluding hydrogens is 573 g/mol. The summed E-state index contributed by atoms with van der Waals surface area (Å²) < 4.78 is 26.5. The van der Waals surface area contributed by atoms with E-state index in [9.17, 15) is 23.9 Å². The molecule has 1 heterocycles. The Kier molecular flexibility index (Phi) is 8.78. The van der Waals surface area contributed by atoms with Gasteiger partial charge in [0.25, 0.3) is 0 Å². The van der Waals surface area contributed by atoms with Crippen molar-refractivity contribution in [3.05, 3.63) is 118 Å². The fraction of sp³-hybridized carbons (Fsp3) is 0.206. The number of allylic oxidation sites excluding steroid dienone is 2. The van der Waals surface area contributed by atoms with E-state index < -0.39 is 23.5 Å². The molecule has 0 aliphatic heterocycles. The van der Waals surface area contributed by atoms with Crippen LogP contribution < -0.4 is 0 Å². The largest absolute Gasteiger partial charge is 0.512 e. The lowest BCUT2D eigenvalue weighted by atomic mass is 9.79. The first kappa shape index (κ1) is 29.8. The number of aromatic nitrogens is 1. The van der Waals surface area contributed by atoms with Gasteiger partial charge in [-0.05, 0) is 49.1 Å². The first-order valence-electron chi connectivity index (χ1n) is 13.9. The quantitative estimate of drug-likeness (QED) is 0.208. The number of Topliss-reactive ketones (excluding diaryl/α,β-unsaturated/α-hetero) is 1. The van der Waals surface area contributed by atoms with E-state index in [4.69, 9.17) is 21.1 Å². The highest BCUT2D eigenvalue weighted by Crippen LogP contribution is 2.45. The smallest absolute Gasteiger partial charge is 0.356 e. The van der Waals surface area contributed by atoms with Crippen molar-refractivity contribution < 1.29 is 33.4 Å². The zero-order valence-electron chi connectivity index (χ0n) is 23.6. The molecule has 0 radical (unpaired) electrons. The number of aliphatic hydroxyl groups excluding tert-OH is 1. The Morgan fingerprint density at radius 1 is 0.930 bits per heavy atom. The summed E-state index contributed by atoms with van der Waals surface area (Å²) in [6.07, 6.45) is 0.187. The first-order chi connectivity index (χ1) is 20.8. The molecule has 1 aliphatic carbocycles. The molecule has 3 aromatic carbocycles. The van der Waals surface area contributed by atoms with Gasteiger partial charge in [0.2, 0.25) is 0 Å². The Hall–Kier alpha value is -4.69. The first-order valence-corrected chi connectivity index (χ1v) is 14.3. The lowest BCUT2D eigenvalue weighted by molar-refractivity contribution is -0.114. The van der Waals surface area contributed by atoms with E-state index in [1.165, 1.54) is 16.7 Å². The summed E-state index contributed by atoms with van der Waals surface area (Å²) in [4.78, 5) is 41.4. The summed E-state index contributed by atoms with van der Waals surface area (Å²) in [5.74, 6) is -3.37. The van der Waals surface area contributed by atoms with Crippen LogP contribution in [0.25, 0.3) is 22.5 Å². The molecule has 220 valence electrons. The number of carbonyl (C=O) groups is 3. The predicted molar refractivity (Wildman–Crippen MR) is 161 cm³/mol. The number of nitrogens with zero attached hydrogens (tertiary/aromatic N) is 1. The molecule has 1 aromatic heterocycles. The van der Waals surface area contributed by atoms with Crippen molar-refractivity contribution in [2.24, 2.45) is 0 Å². The maximum absolute atomic E-state index is 14.3. The van der Waals surface area contributed by atoms with Gasteiger partial charge < -0.3 is 19.1 Å². The fourth-order valence-corrected chi connectivity index (χ4v) is 5.68. The number of halogens is 2. The second-order valence-corrected chi connectivity index (χ2v) is 10.4. The van der Waals surface area contributed by atoms with Crippen molar-refractivity contribution in [1.82, 2.24) is 4.57 Å². The van der Waals surface area contributed by atoms with Crippen LogP contribution >= 0.6 is 11.6 Å². The minimum Gasteiger partial charge on any atom is -0.512 e. The van der Waals surface area contributed by atoms with Crippen molar-refractivity contribution in [2.75, 3.05) is 13.2 Å². The molecule has 9 heteroatoms. The maximum Gasteiger partial charge on any atom is 0.356 e. The third kappa shape index (κ3) is 5.70. The highest BCUT2D eigenvalue weighted by molar-refractivity contribution is 6.31. The van der Waals surface area contributed by atoms with Gasteiger partial charge in [0.1, 0.15) is 22.8 Å². The van der Waals surface area contributed by atoms with Gasteiger partial charge in [0.15, 0.2) is 5.78 Å². The van der Waals surface area contributed by atoms with Crippen LogP contribution in [0.4, 0.5) is 4.39 Å². The molecule has 0 amide bonds. The van der Waals surface area contributed by atoms with E-state index in [1.807, 2.05) is 30.3 Å². The van der Waals surface area contributed by atoms with Crippen LogP contribution in [-0.4, -0.2) is 40.6 Å². The molecule has 0 bridgehead atoms. The Labute approximate surface area is 253 Å². The average molecular weight is 602 g/mol. The van der Waals surface area contributed by atoms with Gasteiger partial charge in [-0.1, -0.05) is 72.3 Å². The van der Waals surface area contributed by atoms with Gasteiger partial charge in [0.05, 0.1) is 29.5 Å². The Morgan fingerprint density at radius 2 is 1.56 bits per heavy atom. The number of rotatable bonds is 8. The summed E-state index contributed by atoms with van der Waals surface area (Å²) in [6, 6.07) is 22.0. The third-order valence-electron chi connectivity index (χ3n) is 7.29. The topological polar surface area (TPSA) is 94.8 Å². The predicted octanol–water partition coefficient (Wildman–Crippen LogP) is 7.71. The van der Waals surface area contributed by atoms with Gasteiger partial charge in [-0.25, -0.2) is 14.0 Å². The second kappa shape index (κ2) is 12.7. The molecule has 0 saturated heterocycles. The molecule has 43 heavy (non-hydrogen) atoms. The monoisotopic (exact) mass is 601 g/mol. The van der Waals surface area contributed by atoms with Crippen LogP contribution in [0, 0.1) is 5.82 Å². The lowest BCUT2D eigenvalue weighted by Gasteiger charge is -2.25. The number of ether oxygens (including phenoxy) is 2. The molecule has 7 nitrogen and oxygen atoms in total. The number of aliphatic hydroxyl groups is 1. The van der Waals surface area contributed by atoms with Crippen LogP contribution in [0.5, 0.6) is 0 Å². The number of carbonyl (C=O) groups excluding carboxylic acids is 3. The number of hydrogen-bond acceptors (Lipinski definition) is 6. The van der Waals surface area contributed by atoms with Crippen LogP contribution in [0.1, 0.15) is 64.6 Å². The van der Waals surface area contributed by atoms with E-state index >= 15 is 0 Å². The van der Waals surface area contributed by atoms with Crippen molar-refractivity contribution in [3.8, 4) is 16.9 Å². The summed E-state index contributed by atoms with van der Waals surface area (Å²) in [7, 11) is 0. The van der Waals surface area contributed by atoms with Crippen molar-refractivity contribution in [1.29, 1.82) is 0 Å². The SMILES string of the molecule is CCOC(=O)c1c(C2=C(O)CC(c3ccccc3)CC2=O)c(-c2ccccc2)n(-c2ccc(F)c(Cl)c2)c1C(=O)OCC. The molecule has 1 atom stereocenters. The molecule has 1 unspecified atom stereocenters. The third-order valence-corrected chi connectivity index (χ3v) is 7.58. The molecular formula is C34H29ClFNO6. The van der Waals surface area contributed by atoms with E-state index in [-0.39, 0.29) is 76.5 Å². The molecule has 4 aromatic rings. The van der Waals surface area contributed by atoms with Gasteiger partial charge in [-0.3, -0.25) is 4.79 Å². The van der Waals surface area contributed by atoms with Crippen molar-refractivity contribution >= 4 is 34.9 Å². The van der Waals surface area contributed by atoms with Gasteiger partial charge in [0, 0.05) is 24.1 Å². The van der Waals surface area contributed by atoms with E-state index in [0.717, 1.165) is 11.6 Å². The van der Waals surface area contributed by atoms with Crippen LogP contribution in [0.3, 0.4) is 0 Å². The zero-order valence-corrected chi connectivity index (χ0v) is 24.4. The maximum atomic E-state index is 14.3. The molecule has 1 aliphatic rings. The zero-order chi connectivity index (χ0) is 30.7. The standard InChI is InChI=1S/C34H29ClFNO6/c1-3-42-33(40)30-29(28-26(38)17-22(18-27(28)39)20-11-7-5-8-12-20)31(21-13-9-6-10-14-21)37(32(30)34(41)43-4-2)23-15-16-25(36)24(35)19-23/h5-16,19,22,38H,3-4,17-18H2,1-2H3. The minimum absolute atomic E-state index is 0.0158. The molecule has 0 fully saturated rings. The number of hydrogen-bond donors (Lipinski definition) is 1. The Balaban J connectivity index is 1.91. The number of esters is 2. The van der Waals surface area contributed by atoms with Crippen molar-refractivity contribution in [2.45, 2.75) is 32.6 Å². The molecule has 0 spiro atoms. The van der Waals surface area contributed by atoms with Crippen molar-refractivity contribution in [3.63, 3.8) is 0 Å². The van der Waals surface area contributed by atoms with Crippen LogP contribution in [0.2, 0.25) is 5.02 Å². The summed E-state index contributed by atoms with van der Waals surface area (Å²) in [6.45, 7) is 3.19. The highest BCUT2D eigenvalue weighted by atomic mass is 35.5. The second-order valence-electron chi connectivity index (χ2n) is 9.95. The van der Waals surface area contributed by atoms with E-state index in [2.05, 4.69) is 0 Å². The van der Waals surface area contributed by atoms with Crippen LogP contribution in [0.15, 0.2) is 84.6 Å². The highest BCUT2D eigenvalue weighted by Gasteiger charge is 2.40. The fourth-order valence-electron chi connectivity index (χ4n) is 5.50. The lowest BCUT2D eigenvalue weighted by Crippen LogP contribution is -2.20. The Bertz CT molecular complexity index is 1730. The van der Waals surface area contributed by atoms with E-state index in [0.29, 0.717) is 5.56 Å². The summed E-state index contributed by atoms with van der Waals surface area (Å²) in [5, 5.41) is 11.3. The normalized spacial score (nSPS) is 15.0.